The molecule has 0 aliphatic rings. The van der Waals surface area contributed by atoms with E-state index in [9.17, 15) is 19.7 Å². The third-order valence-corrected chi connectivity index (χ3v) is 3.56. The van der Waals surface area contributed by atoms with Crippen LogP contribution in [0.25, 0.3) is 0 Å². The zero-order valence-corrected chi connectivity index (χ0v) is 14.8. The summed E-state index contributed by atoms with van der Waals surface area (Å²) in [7, 11) is 0. The van der Waals surface area contributed by atoms with Gasteiger partial charge < -0.3 is 20.5 Å². The molecule has 0 spiro atoms. The molecular weight excluding hydrogens is 354 g/mol. The van der Waals surface area contributed by atoms with Gasteiger partial charge in [0.25, 0.3) is 11.6 Å². The molecule has 0 aliphatic heterocycles. The number of rotatable bonds is 7. The Morgan fingerprint density at radius 2 is 1.96 bits per heavy atom. The summed E-state index contributed by atoms with van der Waals surface area (Å²) in [5, 5.41) is 13.3. The maximum absolute atomic E-state index is 12.3. The molecule has 2 rings (SSSR count). The summed E-state index contributed by atoms with van der Waals surface area (Å²) in [6, 6.07) is 10.2. The summed E-state index contributed by atoms with van der Waals surface area (Å²) < 4.78 is 10.5. The monoisotopic (exact) mass is 373 g/mol. The number of benzene rings is 2. The van der Waals surface area contributed by atoms with Crippen molar-refractivity contribution >= 4 is 28.9 Å². The Balaban J connectivity index is 2.06. The number of nitrogens with zero attached hydrogens (tertiary/aromatic N) is 1. The lowest BCUT2D eigenvalue weighted by Crippen LogP contribution is -2.30. The standard InChI is InChI=1S/C18H19N3O6/c1-3-26-16-7-5-4-6-15(16)20-17(22)11(2)27-18(23)13-9-8-12(21(24)25)10-14(13)19/h4-11H,3,19H2,1-2H3,(H,20,22)/t11-/m0/s1. The average Bonchev–Trinajstić information content (AvgIpc) is 2.63. The van der Waals surface area contributed by atoms with Gasteiger partial charge in [0.15, 0.2) is 6.10 Å². The molecule has 2 aromatic carbocycles. The van der Waals surface area contributed by atoms with Crippen molar-refractivity contribution in [2.24, 2.45) is 0 Å². The van der Waals surface area contributed by atoms with E-state index in [1.165, 1.54) is 13.0 Å². The van der Waals surface area contributed by atoms with E-state index in [2.05, 4.69) is 5.32 Å². The van der Waals surface area contributed by atoms with Crippen molar-refractivity contribution in [3.8, 4) is 5.75 Å². The Hall–Kier alpha value is -3.62. The van der Waals surface area contributed by atoms with Gasteiger partial charge >= 0.3 is 5.97 Å². The number of esters is 1. The van der Waals surface area contributed by atoms with Gasteiger partial charge in [-0.3, -0.25) is 14.9 Å². The number of nitrogens with two attached hydrogens (primary N) is 1. The van der Waals surface area contributed by atoms with Crippen LogP contribution in [0.2, 0.25) is 0 Å². The number of ether oxygens (including phenoxy) is 2. The van der Waals surface area contributed by atoms with Crippen LogP contribution in [0.15, 0.2) is 42.5 Å². The number of nitrogens with one attached hydrogen (secondary N) is 1. The number of nitro groups is 1. The predicted octanol–water partition coefficient (Wildman–Crippen LogP) is 2.76. The minimum Gasteiger partial charge on any atom is -0.492 e. The van der Waals surface area contributed by atoms with E-state index < -0.39 is 22.9 Å². The van der Waals surface area contributed by atoms with Crippen LogP contribution in [0.5, 0.6) is 5.75 Å². The first-order valence-electron chi connectivity index (χ1n) is 8.11. The van der Waals surface area contributed by atoms with Crippen LogP contribution in [0, 0.1) is 10.1 Å². The zero-order chi connectivity index (χ0) is 20.0. The van der Waals surface area contributed by atoms with Crippen LogP contribution in [-0.4, -0.2) is 29.5 Å². The second-order valence-electron chi connectivity index (χ2n) is 5.49. The molecule has 9 heteroatoms. The normalized spacial score (nSPS) is 11.3. The number of hydrogen-bond donors (Lipinski definition) is 2. The van der Waals surface area contributed by atoms with Gasteiger partial charge in [-0.25, -0.2) is 4.79 Å². The van der Waals surface area contributed by atoms with Crippen LogP contribution >= 0.6 is 0 Å². The van der Waals surface area contributed by atoms with Crippen molar-refractivity contribution in [3.05, 3.63) is 58.1 Å². The van der Waals surface area contributed by atoms with Crippen LogP contribution in [0.4, 0.5) is 17.1 Å². The number of non-ortho nitro benzene ring substituents is 1. The molecule has 142 valence electrons. The van der Waals surface area contributed by atoms with E-state index in [4.69, 9.17) is 15.2 Å². The molecule has 0 bridgehead atoms. The van der Waals surface area contributed by atoms with Crippen molar-refractivity contribution < 1.29 is 24.0 Å². The zero-order valence-electron chi connectivity index (χ0n) is 14.8. The molecule has 0 heterocycles. The SMILES string of the molecule is CCOc1ccccc1NC(=O)[C@H](C)OC(=O)c1ccc([N+](=O)[O-])cc1N. The second kappa shape index (κ2) is 8.65. The molecule has 2 aromatic rings. The Morgan fingerprint density at radius 3 is 2.59 bits per heavy atom. The molecule has 0 saturated carbocycles. The van der Waals surface area contributed by atoms with E-state index in [0.717, 1.165) is 12.1 Å². The predicted molar refractivity (Wildman–Crippen MR) is 98.6 cm³/mol. The molecule has 27 heavy (non-hydrogen) atoms. The number of nitro benzene ring substituents is 1. The number of amides is 1. The van der Waals surface area contributed by atoms with Gasteiger partial charge in [0.05, 0.1) is 28.5 Å². The number of anilines is 2. The first-order valence-corrected chi connectivity index (χ1v) is 8.11. The molecule has 0 radical (unpaired) electrons. The number of hydrogen-bond acceptors (Lipinski definition) is 7. The minimum atomic E-state index is -1.12. The summed E-state index contributed by atoms with van der Waals surface area (Å²) in [6.07, 6.45) is -1.12. The van der Waals surface area contributed by atoms with Gasteiger partial charge in [0, 0.05) is 12.1 Å². The summed E-state index contributed by atoms with van der Waals surface area (Å²) in [6.45, 7) is 3.65. The molecule has 0 fully saturated rings. The number of nitrogen functional groups attached to an aromatic ring is 1. The molecule has 1 atom stereocenters. The van der Waals surface area contributed by atoms with Gasteiger partial charge in [-0.2, -0.15) is 0 Å². The van der Waals surface area contributed by atoms with Crippen molar-refractivity contribution in [2.75, 3.05) is 17.7 Å². The fourth-order valence-corrected chi connectivity index (χ4v) is 2.21. The quantitative estimate of drug-likeness (QED) is 0.330. The van der Waals surface area contributed by atoms with Crippen molar-refractivity contribution in [3.63, 3.8) is 0 Å². The van der Waals surface area contributed by atoms with Crippen molar-refractivity contribution in [1.29, 1.82) is 0 Å². The van der Waals surface area contributed by atoms with Crippen LogP contribution in [0.3, 0.4) is 0 Å². The number of para-hydroxylation sites is 2. The second-order valence-corrected chi connectivity index (χ2v) is 5.49. The highest BCUT2D eigenvalue weighted by atomic mass is 16.6. The maximum atomic E-state index is 12.3. The Bertz CT molecular complexity index is 868. The smallest absolute Gasteiger partial charge is 0.341 e. The topological polar surface area (TPSA) is 134 Å². The Kier molecular flexibility index (Phi) is 6.32. The van der Waals surface area contributed by atoms with Crippen molar-refractivity contribution in [2.45, 2.75) is 20.0 Å². The third-order valence-electron chi connectivity index (χ3n) is 3.56. The van der Waals surface area contributed by atoms with Crippen LogP contribution < -0.4 is 15.8 Å². The molecule has 1 amide bonds. The maximum Gasteiger partial charge on any atom is 0.341 e. The number of carbonyl (C=O) groups is 2. The van der Waals surface area contributed by atoms with Gasteiger partial charge in [0.1, 0.15) is 5.75 Å². The lowest BCUT2D eigenvalue weighted by molar-refractivity contribution is -0.384. The molecular formula is C18H19N3O6. The van der Waals surface area contributed by atoms with E-state index in [-0.39, 0.29) is 16.9 Å². The molecule has 0 saturated heterocycles. The third kappa shape index (κ3) is 4.94. The fraction of sp³-hybridized carbons (Fsp3) is 0.222. The van der Waals surface area contributed by atoms with Crippen molar-refractivity contribution in [1.82, 2.24) is 0 Å². The fourth-order valence-electron chi connectivity index (χ4n) is 2.21. The summed E-state index contributed by atoms with van der Waals surface area (Å²) >= 11 is 0. The van der Waals surface area contributed by atoms with Gasteiger partial charge in [-0.1, -0.05) is 12.1 Å². The first-order chi connectivity index (χ1) is 12.8. The van der Waals surface area contributed by atoms with Gasteiger partial charge in [-0.05, 0) is 32.0 Å². The Labute approximate surface area is 155 Å². The Morgan fingerprint density at radius 1 is 1.26 bits per heavy atom. The molecule has 9 nitrogen and oxygen atoms in total. The molecule has 0 unspecified atom stereocenters. The summed E-state index contributed by atoms with van der Waals surface area (Å²) in [4.78, 5) is 34.6. The molecule has 0 aromatic heterocycles. The van der Waals surface area contributed by atoms with E-state index in [1.54, 1.807) is 24.3 Å². The molecule has 3 N–H and O–H groups in total. The van der Waals surface area contributed by atoms with Gasteiger partial charge in [-0.15, -0.1) is 0 Å². The minimum absolute atomic E-state index is 0.0602. The highest BCUT2D eigenvalue weighted by Crippen LogP contribution is 2.24. The van der Waals surface area contributed by atoms with Crippen LogP contribution in [0.1, 0.15) is 24.2 Å². The van der Waals surface area contributed by atoms with Crippen LogP contribution in [-0.2, 0) is 9.53 Å². The highest BCUT2D eigenvalue weighted by molar-refractivity contribution is 6.00. The lowest BCUT2D eigenvalue weighted by atomic mass is 10.1. The average molecular weight is 373 g/mol. The van der Waals surface area contributed by atoms with E-state index in [1.807, 2.05) is 6.92 Å². The largest absolute Gasteiger partial charge is 0.492 e. The lowest BCUT2D eigenvalue weighted by Gasteiger charge is -2.16. The van der Waals surface area contributed by atoms with E-state index >= 15 is 0 Å². The molecule has 0 aliphatic carbocycles. The first kappa shape index (κ1) is 19.7. The number of carbonyl (C=O) groups excluding carboxylic acids is 2. The van der Waals surface area contributed by atoms with Gasteiger partial charge in [0.2, 0.25) is 0 Å². The summed E-state index contributed by atoms with van der Waals surface area (Å²) in [5.41, 5.74) is 5.70. The highest BCUT2D eigenvalue weighted by Gasteiger charge is 2.22. The summed E-state index contributed by atoms with van der Waals surface area (Å²) in [5.74, 6) is -0.925. The van der Waals surface area contributed by atoms with E-state index in [0.29, 0.717) is 18.0 Å².